The van der Waals surface area contributed by atoms with Gasteiger partial charge in [0, 0.05) is 0 Å². The summed E-state index contributed by atoms with van der Waals surface area (Å²) in [6.07, 6.45) is 3.32. The smallest absolute Gasteiger partial charge is 0.239 e. The number of amides is 1. The van der Waals surface area contributed by atoms with E-state index < -0.39 is 0 Å². The lowest BCUT2D eigenvalue weighted by atomic mass is 9.94. The zero-order valence-corrected chi connectivity index (χ0v) is 12.3. The monoisotopic (exact) mass is 292 g/mol. The molecule has 6 heteroatoms. The number of nitrogens with one attached hydrogen (secondary N) is 1. The summed E-state index contributed by atoms with van der Waals surface area (Å²) in [4.78, 5) is 14.1. The third kappa shape index (κ3) is 4.04. The quantitative estimate of drug-likeness (QED) is 0.864. The van der Waals surface area contributed by atoms with E-state index in [2.05, 4.69) is 16.3 Å². The molecule has 0 bridgehead atoms. The van der Waals surface area contributed by atoms with Gasteiger partial charge in [-0.05, 0) is 56.3 Å². The van der Waals surface area contributed by atoms with Gasteiger partial charge in [-0.3, -0.25) is 9.69 Å². The van der Waals surface area contributed by atoms with Crippen LogP contribution in [-0.2, 0) is 4.79 Å². The number of nitrogens with two attached hydrogens (primary N) is 1. The summed E-state index contributed by atoms with van der Waals surface area (Å²) in [7, 11) is 0. The Hall–Kier alpha value is -1.42. The molecule has 0 unspecified atom stereocenters. The molecule has 1 fully saturated rings. The van der Waals surface area contributed by atoms with Crippen molar-refractivity contribution in [2.45, 2.75) is 19.3 Å². The maximum Gasteiger partial charge on any atom is 0.239 e. The highest BCUT2D eigenvalue weighted by Crippen LogP contribution is 2.23. The molecule has 0 aromatic carbocycles. The Balaban J connectivity index is 1.77. The second-order valence-electron chi connectivity index (χ2n) is 5.12. The number of likely N-dealkylation sites (tertiary alicyclic amines) is 1. The number of hydrogen-bond acceptors (Lipinski definition) is 5. The van der Waals surface area contributed by atoms with Gasteiger partial charge in [-0.2, -0.15) is 5.26 Å². The predicted octanol–water partition coefficient (Wildman–Crippen LogP) is 1.62. The van der Waals surface area contributed by atoms with Gasteiger partial charge >= 0.3 is 0 Å². The maximum absolute atomic E-state index is 12.0. The number of nitrogens with zero attached hydrogens (tertiary/aromatic N) is 2. The first-order chi connectivity index (χ1) is 9.72. The van der Waals surface area contributed by atoms with Gasteiger partial charge in [0.15, 0.2) is 0 Å². The second kappa shape index (κ2) is 7.39. The van der Waals surface area contributed by atoms with Crippen LogP contribution >= 0.6 is 11.3 Å². The van der Waals surface area contributed by atoms with Gasteiger partial charge in [-0.25, -0.2) is 0 Å². The number of piperidine rings is 1. The van der Waals surface area contributed by atoms with Gasteiger partial charge < -0.3 is 11.1 Å². The van der Waals surface area contributed by atoms with Crippen molar-refractivity contribution in [3.63, 3.8) is 0 Å². The van der Waals surface area contributed by atoms with Crippen LogP contribution in [0.5, 0.6) is 0 Å². The number of thiophene rings is 1. The maximum atomic E-state index is 12.0. The van der Waals surface area contributed by atoms with Crippen LogP contribution in [0.4, 0.5) is 5.00 Å². The lowest BCUT2D eigenvalue weighted by Gasteiger charge is -2.31. The third-order valence-electron chi connectivity index (χ3n) is 3.69. The van der Waals surface area contributed by atoms with Crippen molar-refractivity contribution in [3.05, 3.63) is 17.0 Å². The third-order valence-corrected chi connectivity index (χ3v) is 4.52. The highest BCUT2D eigenvalue weighted by atomic mass is 32.1. The van der Waals surface area contributed by atoms with Crippen LogP contribution in [0.25, 0.3) is 0 Å². The Morgan fingerprint density at radius 1 is 1.55 bits per heavy atom. The molecule has 0 aliphatic carbocycles. The van der Waals surface area contributed by atoms with E-state index in [4.69, 9.17) is 11.0 Å². The van der Waals surface area contributed by atoms with Crippen molar-refractivity contribution in [2.75, 3.05) is 31.5 Å². The molecule has 20 heavy (non-hydrogen) atoms. The number of nitriles is 1. The zero-order chi connectivity index (χ0) is 14.4. The Kier molecular flexibility index (Phi) is 5.53. The molecular formula is C14H20N4OS. The summed E-state index contributed by atoms with van der Waals surface area (Å²) in [5.74, 6) is 0.669. The first-order valence-corrected chi connectivity index (χ1v) is 7.80. The minimum atomic E-state index is -0.0405. The molecule has 108 valence electrons. The van der Waals surface area contributed by atoms with Crippen molar-refractivity contribution < 1.29 is 4.79 Å². The van der Waals surface area contributed by atoms with Gasteiger partial charge in [-0.15, -0.1) is 11.3 Å². The average molecular weight is 292 g/mol. The highest BCUT2D eigenvalue weighted by molar-refractivity contribution is 7.14. The summed E-state index contributed by atoms with van der Waals surface area (Å²) in [5.41, 5.74) is 6.11. The molecular weight excluding hydrogens is 272 g/mol. The molecule has 0 saturated carbocycles. The Morgan fingerprint density at radius 3 is 2.95 bits per heavy atom. The Morgan fingerprint density at radius 2 is 2.30 bits per heavy atom. The van der Waals surface area contributed by atoms with Crippen LogP contribution in [0.1, 0.15) is 24.8 Å². The zero-order valence-electron chi connectivity index (χ0n) is 11.5. The summed E-state index contributed by atoms with van der Waals surface area (Å²) in [6.45, 7) is 3.06. The van der Waals surface area contributed by atoms with E-state index in [1.54, 1.807) is 6.07 Å². The van der Waals surface area contributed by atoms with Gasteiger partial charge in [0.1, 0.15) is 11.1 Å². The van der Waals surface area contributed by atoms with Gasteiger partial charge in [0.25, 0.3) is 0 Å². The first-order valence-electron chi connectivity index (χ1n) is 6.92. The van der Waals surface area contributed by atoms with E-state index in [1.807, 2.05) is 5.38 Å². The Labute approximate surface area is 123 Å². The number of anilines is 1. The number of carbonyl (C=O) groups excluding carboxylic acids is 1. The number of hydrogen-bond donors (Lipinski definition) is 2. The van der Waals surface area contributed by atoms with Crippen LogP contribution in [0.3, 0.4) is 0 Å². The van der Waals surface area contributed by atoms with Crippen molar-refractivity contribution in [1.82, 2.24) is 4.90 Å². The fourth-order valence-corrected chi connectivity index (χ4v) is 3.29. The molecule has 1 amide bonds. The van der Waals surface area contributed by atoms with Crippen LogP contribution in [0, 0.1) is 17.2 Å². The summed E-state index contributed by atoms with van der Waals surface area (Å²) in [6, 6.07) is 3.80. The van der Waals surface area contributed by atoms with Crippen LogP contribution < -0.4 is 11.1 Å². The van der Waals surface area contributed by atoms with E-state index in [1.165, 1.54) is 11.3 Å². The van der Waals surface area contributed by atoms with Crippen LogP contribution in [-0.4, -0.2) is 37.0 Å². The minimum absolute atomic E-state index is 0.0405. The summed E-state index contributed by atoms with van der Waals surface area (Å²) < 4.78 is 0. The van der Waals surface area contributed by atoms with Gasteiger partial charge in [0.2, 0.25) is 5.91 Å². The second-order valence-corrected chi connectivity index (χ2v) is 6.04. The fraction of sp³-hybridized carbons (Fsp3) is 0.571. The van der Waals surface area contributed by atoms with E-state index >= 15 is 0 Å². The topological polar surface area (TPSA) is 82.2 Å². The molecule has 1 saturated heterocycles. The molecule has 0 radical (unpaired) electrons. The normalized spacial score (nSPS) is 16.8. The standard InChI is InChI=1S/C14H20N4OS/c15-5-1-11-2-6-18(7-3-11)10-13(19)17-14-12(9-16)4-8-20-14/h4,8,11H,1-3,5-7,10,15H2,(H,17,19). The van der Waals surface area contributed by atoms with Gasteiger partial charge in [-0.1, -0.05) is 0 Å². The lowest BCUT2D eigenvalue weighted by molar-refractivity contribution is -0.117. The highest BCUT2D eigenvalue weighted by Gasteiger charge is 2.20. The summed E-state index contributed by atoms with van der Waals surface area (Å²) >= 11 is 1.38. The van der Waals surface area contributed by atoms with Gasteiger partial charge in [0.05, 0.1) is 12.1 Å². The molecule has 0 atom stereocenters. The van der Waals surface area contributed by atoms with E-state index in [0.29, 0.717) is 23.0 Å². The molecule has 1 aliphatic heterocycles. The molecule has 3 N–H and O–H groups in total. The average Bonchev–Trinajstić information content (AvgIpc) is 2.88. The van der Waals surface area contributed by atoms with E-state index in [-0.39, 0.29) is 5.91 Å². The lowest BCUT2D eigenvalue weighted by Crippen LogP contribution is -2.39. The van der Waals surface area contributed by atoms with Crippen LogP contribution in [0.2, 0.25) is 0 Å². The molecule has 2 heterocycles. The largest absolute Gasteiger partial charge is 0.330 e. The van der Waals surface area contributed by atoms with Crippen LogP contribution in [0.15, 0.2) is 11.4 Å². The predicted molar refractivity (Wildman–Crippen MR) is 80.5 cm³/mol. The fourth-order valence-electron chi connectivity index (χ4n) is 2.53. The van der Waals surface area contributed by atoms with Crippen molar-refractivity contribution >= 4 is 22.2 Å². The minimum Gasteiger partial charge on any atom is -0.330 e. The number of rotatable bonds is 5. The molecule has 1 aromatic rings. The molecule has 1 aliphatic rings. The molecule has 2 rings (SSSR count). The molecule has 1 aromatic heterocycles. The summed E-state index contributed by atoms with van der Waals surface area (Å²) in [5, 5.41) is 14.2. The van der Waals surface area contributed by atoms with E-state index in [0.717, 1.165) is 38.9 Å². The molecule has 0 spiro atoms. The van der Waals surface area contributed by atoms with Crippen molar-refractivity contribution in [2.24, 2.45) is 11.7 Å². The molecule has 5 nitrogen and oxygen atoms in total. The van der Waals surface area contributed by atoms with Crippen molar-refractivity contribution in [3.8, 4) is 6.07 Å². The Bertz CT molecular complexity index is 486. The number of carbonyl (C=O) groups is 1. The van der Waals surface area contributed by atoms with Crippen molar-refractivity contribution in [1.29, 1.82) is 5.26 Å². The van der Waals surface area contributed by atoms with E-state index in [9.17, 15) is 4.79 Å². The first kappa shape index (κ1) is 15.0. The SMILES string of the molecule is N#Cc1ccsc1NC(=O)CN1CCC(CCN)CC1.